The first-order valence-electron chi connectivity index (χ1n) is 8.64. The number of carbonyl (C=O) groups is 1. The molecular weight excluding hydrogens is 419 g/mol. The maximum absolute atomic E-state index is 12.9. The molecule has 0 unspecified atom stereocenters. The molecule has 1 amide bonds. The molecule has 0 saturated heterocycles. The fourth-order valence-electron chi connectivity index (χ4n) is 2.49. The number of hydrogen-bond donors (Lipinski definition) is 1. The zero-order valence-corrected chi connectivity index (χ0v) is 16.3. The predicted molar refractivity (Wildman–Crippen MR) is 107 cm³/mol. The zero-order valence-electron chi connectivity index (χ0n) is 15.6. The minimum atomic E-state index is -4.57. The van der Waals surface area contributed by atoms with E-state index in [0.717, 1.165) is 23.8 Å². The molecule has 0 saturated carbocycles. The molecule has 3 aromatic rings. The van der Waals surface area contributed by atoms with Gasteiger partial charge in [-0.15, -0.1) is 0 Å². The Balaban J connectivity index is 1.67. The lowest BCUT2D eigenvalue weighted by Crippen LogP contribution is -2.09. The Morgan fingerprint density at radius 2 is 1.87 bits per heavy atom. The number of benzene rings is 2. The van der Waals surface area contributed by atoms with E-state index in [0.29, 0.717) is 11.4 Å². The zero-order chi connectivity index (χ0) is 21.7. The van der Waals surface area contributed by atoms with Crippen LogP contribution >= 0.6 is 11.6 Å². The molecule has 1 heterocycles. The lowest BCUT2D eigenvalue weighted by atomic mass is 10.1. The van der Waals surface area contributed by atoms with E-state index < -0.39 is 22.7 Å². The highest BCUT2D eigenvalue weighted by atomic mass is 35.5. The minimum absolute atomic E-state index is 0.192. The van der Waals surface area contributed by atoms with Crippen LogP contribution in [-0.2, 0) is 11.0 Å². The van der Waals surface area contributed by atoms with Gasteiger partial charge >= 0.3 is 12.2 Å². The summed E-state index contributed by atoms with van der Waals surface area (Å²) in [5, 5.41) is 2.27. The number of halogens is 4. The smallest absolute Gasteiger partial charge is 0.417 e. The van der Waals surface area contributed by atoms with Gasteiger partial charge in [-0.2, -0.15) is 13.2 Å². The van der Waals surface area contributed by atoms with Crippen LogP contribution < -0.4 is 10.1 Å². The van der Waals surface area contributed by atoms with Crippen molar-refractivity contribution in [1.29, 1.82) is 0 Å². The first-order chi connectivity index (χ1) is 14.2. The number of amides is 1. The fourth-order valence-corrected chi connectivity index (χ4v) is 2.72. The maximum Gasteiger partial charge on any atom is 0.417 e. The number of aromatic nitrogens is 2. The molecule has 0 spiro atoms. The van der Waals surface area contributed by atoms with Crippen LogP contribution in [0.5, 0.6) is 11.8 Å². The third-order valence-corrected chi connectivity index (χ3v) is 4.26. The Morgan fingerprint density at radius 1 is 1.13 bits per heavy atom. The second kappa shape index (κ2) is 8.96. The molecule has 0 aliphatic carbocycles. The highest BCUT2D eigenvalue weighted by molar-refractivity contribution is 6.31. The van der Waals surface area contributed by atoms with Crippen molar-refractivity contribution >= 4 is 29.3 Å². The quantitative estimate of drug-likeness (QED) is 0.509. The Kier molecular flexibility index (Phi) is 6.37. The van der Waals surface area contributed by atoms with E-state index in [-0.39, 0.29) is 11.6 Å². The summed E-state index contributed by atoms with van der Waals surface area (Å²) in [5.74, 6) is -0.00486. The van der Waals surface area contributed by atoms with Gasteiger partial charge in [0.05, 0.1) is 10.6 Å². The summed E-state index contributed by atoms with van der Waals surface area (Å²) in [5.41, 5.74) is 0.486. The van der Waals surface area contributed by atoms with Crippen LogP contribution in [-0.4, -0.2) is 15.9 Å². The second-order valence-electron chi connectivity index (χ2n) is 6.17. The first-order valence-corrected chi connectivity index (χ1v) is 9.01. The molecule has 9 heteroatoms. The van der Waals surface area contributed by atoms with Crippen molar-refractivity contribution in [1.82, 2.24) is 9.97 Å². The summed E-state index contributed by atoms with van der Waals surface area (Å²) in [6, 6.07) is 10.3. The number of nitrogens with zero attached hydrogens (tertiary/aromatic N) is 2. The van der Waals surface area contributed by atoms with E-state index in [4.69, 9.17) is 16.3 Å². The van der Waals surface area contributed by atoms with Crippen LogP contribution in [0, 0.1) is 6.92 Å². The normalized spacial score (nSPS) is 11.5. The molecule has 0 bridgehead atoms. The molecule has 0 aliphatic rings. The standard InChI is InChI=1S/C21H15ClF3N3O2/c1-13-11-15(30-20-26-9-2-10-27-20)5-7-18(13)28-19(29)8-4-14-3-6-17(22)16(12-14)21(23,24)25/h2-12H,1H3,(H,28,29)/b8-4+. The maximum atomic E-state index is 12.9. The molecule has 0 aliphatic heterocycles. The lowest BCUT2D eigenvalue weighted by Gasteiger charge is -2.10. The molecule has 30 heavy (non-hydrogen) atoms. The molecule has 1 aromatic heterocycles. The highest BCUT2D eigenvalue weighted by Gasteiger charge is 2.33. The van der Waals surface area contributed by atoms with Crippen LogP contribution in [0.25, 0.3) is 6.08 Å². The van der Waals surface area contributed by atoms with E-state index in [9.17, 15) is 18.0 Å². The summed E-state index contributed by atoms with van der Waals surface area (Å²) in [6.45, 7) is 1.77. The number of rotatable bonds is 5. The molecule has 0 atom stereocenters. The van der Waals surface area contributed by atoms with Crippen molar-refractivity contribution in [2.75, 3.05) is 5.32 Å². The van der Waals surface area contributed by atoms with Gasteiger partial charge < -0.3 is 10.1 Å². The molecule has 1 N–H and O–H groups in total. The lowest BCUT2D eigenvalue weighted by molar-refractivity contribution is -0.137. The van der Waals surface area contributed by atoms with Gasteiger partial charge in [-0.05, 0) is 60.5 Å². The van der Waals surface area contributed by atoms with E-state index >= 15 is 0 Å². The van der Waals surface area contributed by atoms with Crippen molar-refractivity contribution in [3.63, 3.8) is 0 Å². The van der Waals surface area contributed by atoms with E-state index in [1.54, 1.807) is 43.6 Å². The number of carbonyl (C=O) groups excluding carboxylic acids is 1. The molecule has 0 radical (unpaired) electrons. The average Bonchev–Trinajstić information content (AvgIpc) is 2.69. The molecule has 3 rings (SSSR count). The van der Waals surface area contributed by atoms with Gasteiger partial charge in [-0.1, -0.05) is 17.7 Å². The monoisotopic (exact) mass is 433 g/mol. The van der Waals surface area contributed by atoms with E-state index in [1.165, 1.54) is 12.1 Å². The third-order valence-electron chi connectivity index (χ3n) is 3.93. The summed E-state index contributed by atoms with van der Waals surface area (Å²) in [4.78, 5) is 20.1. The average molecular weight is 434 g/mol. The summed E-state index contributed by atoms with van der Waals surface area (Å²) in [7, 11) is 0. The number of ether oxygens (including phenoxy) is 1. The van der Waals surface area contributed by atoms with Crippen molar-refractivity contribution < 1.29 is 22.7 Å². The first kappa shape index (κ1) is 21.3. The predicted octanol–water partition coefficient (Wildman–Crippen LogP) is 5.90. The van der Waals surface area contributed by atoms with Gasteiger partial charge in [0.1, 0.15) is 5.75 Å². The summed E-state index contributed by atoms with van der Waals surface area (Å²) in [6.07, 6.45) is 0.948. The Labute approximate surface area is 175 Å². The van der Waals surface area contributed by atoms with Crippen LogP contribution in [0.15, 0.2) is 60.9 Å². The van der Waals surface area contributed by atoms with Crippen LogP contribution in [0.3, 0.4) is 0 Å². The third kappa shape index (κ3) is 5.57. The molecular formula is C21H15ClF3N3O2. The Morgan fingerprint density at radius 3 is 2.53 bits per heavy atom. The summed E-state index contributed by atoms with van der Waals surface area (Å²) >= 11 is 5.59. The topological polar surface area (TPSA) is 64.1 Å². The molecule has 0 fully saturated rings. The largest absolute Gasteiger partial charge is 0.424 e. The Hall–Kier alpha value is -3.39. The number of alkyl halides is 3. The van der Waals surface area contributed by atoms with Crippen molar-refractivity contribution in [3.8, 4) is 11.8 Å². The number of anilines is 1. The van der Waals surface area contributed by atoms with Gasteiger partial charge in [0.2, 0.25) is 5.91 Å². The van der Waals surface area contributed by atoms with E-state index in [1.807, 2.05) is 0 Å². The van der Waals surface area contributed by atoms with Gasteiger partial charge in [-0.25, -0.2) is 9.97 Å². The highest BCUT2D eigenvalue weighted by Crippen LogP contribution is 2.35. The van der Waals surface area contributed by atoms with Crippen molar-refractivity contribution in [3.05, 3.63) is 82.6 Å². The minimum Gasteiger partial charge on any atom is -0.424 e. The van der Waals surface area contributed by atoms with E-state index in [2.05, 4.69) is 15.3 Å². The molecule has 5 nitrogen and oxygen atoms in total. The summed E-state index contributed by atoms with van der Waals surface area (Å²) < 4.78 is 44.3. The van der Waals surface area contributed by atoms with Gasteiger partial charge in [0.25, 0.3) is 0 Å². The SMILES string of the molecule is Cc1cc(Oc2ncccn2)ccc1NC(=O)/C=C/c1ccc(Cl)c(C(F)(F)F)c1. The van der Waals surface area contributed by atoms with Crippen LogP contribution in [0.2, 0.25) is 5.02 Å². The van der Waals surface area contributed by atoms with Gasteiger partial charge in [-0.3, -0.25) is 4.79 Å². The van der Waals surface area contributed by atoms with Crippen LogP contribution in [0.4, 0.5) is 18.9 Å². The number of hydrogen-bond acceptors (Lipinski definition) is 4. The van der Waals surface area contributed by atoms with Gasteiger partial charge in [0.15, 0.2) is 0 Å². The molecule has 2 aromatic carbocycles. The fraction of sp³-hybridized carbons (Fsp3) is 0.0952. The van der Waals surface area contributed by atoms with Crippen molar-refractivity contribution in [2.45, 2.75) is 13.1 Å². The molecule has 154 valence electrons. The number of nitrogens with one attached hydrogen (secondary N) is 1. The Bertz CT molecular complexity index is 1090. The number of aryl methyl sites for hydroxylation is 1. The van der Waals surface area contributed by atoms with Crippen LogP contribution in [0.1, 0.15) is 16.7 Å². The van der Waals surface area contributed by atoms with Crippen molar-refractivity contribution in [2.24, 2.45) is 0 Å². The van der Waals surface area contributed by atoms with Gasteiger partial charge in [0, 0.05) is 24.2 Å². The second-order valence-corrected chi connectivity index (χ2v) is 6.58.